The van der Waals surface area contributed by atoms with Crippen LogP contribution in [0.25, 0.3) is 0 Å². The number of aromatic nitrogens is 5. The minimum absolute atomic E-state index is 0. The van der Waals surface area contributed by atoms with Crippen LogP contribution in [0.5, 0.6) is 0 Å². The number of carbonyl (C=O) groups excluding carboxylic acids is 5. The van der Waals surface area contributed by atoms with Gasteiger partial charge in [0, 0.05) is 29.2 Å². The van der Waals surface area contributed by atoms with E-state index < -0.39 is 57.9 Å². The molecule has 5 amide bonds. The topological polar surface area (TPSA) is 380 Å². The lowest BCUT2D eigenvalue weighted by atomic mass is 10.2. The van der Waals surface area contributed by atoms with E-state index in [9.17, 15) is 75.9 Å². The Hall–Kier alpha value is -7.87. The standard InChI is InChI=1S/C15H17N2O.C12H16N2O5S.C12H18N2O4S.C11H15N3O5S.C9H12N2O4S.ClH/c1-3-13-9-11-17(12-10-13)15(18)16(2)14-7-5-4-6-8-14;15-12(14-6-8-19-9-7-14)13-4-1-11(2-5-13)3-10-20(16,17)18;1-3-13(4-2)12(15)14-8-5-11(6-9-14)7-10-19(16,17)18;15-11(13-4-6-19-7-5-13)14-3-1-2-10(9-14)8-12-20(16,17)18;1-10(2)9(12)11-5-3-4-8(6-11)7-16(13,14)15;/h4-12H,3H2,1-2H3;1-2,4-5H,3,6-10H2;5-6,8-9H,3-4,7,10H2,1-2H3;1-3,9,12H,4-8H2;3-6H,7H2,1-2H3;1H/q+1;;;;;/p-1. The van der Waals surface area contributed by atoms with E-state index in [-0.39, 0.29) is 67.5 Å². The fourth-order valence-electron chi connectivity index (χ4n) is 8.32. The number of anilines is 1. The normalized spacial score (nSPS) is 13.0. The van der Waals surface area contributed by atoms with Crippen molar-refractivity contribution in [1.82, 2.24) is 24.3 Å². The fourth-order valence-corrected chi connectivity index (χ4v) is 10.2. The summed E-state index contributed by atoms with van der Waals surface area (Å²) in [5.74, 6) is -1.48. The third-order valence-corrected chi connectivity index (χ3v) is 16.0. The first-order valence-corrected chi connectivity index (χ1v) is 35.0. The monoisotopic (exact) mass is 1410 g/mol. The molecule has 0 unspecified atom stereocenters. The molecule has 2 aliphatic heterocycles. The molecule has 0 bridgehead atoms. The van der Waals surface area contributed by atoms with Crippen LogP contribution in [0.2, 0.25) is 0 Å². The number of pyridine rings is 5. The number of ether oxygens (including phenoxy) is 2. The number of hydrogen-bond acceptors (Lipinski definition) is 19. The molecule has 514 valence electrons. The third kappa shape index (κ3) is 30.0. The molecular formula is C59H78ClN11O19S4. The molecule has 1 aromatic carbocycles. The zero-order valence-corrected chi connectivity index (χ0v) is 56.7. The van der Waals surface area contributed by atoms with Crippen molar-refractivity contribution in [2.24, 2.45) is 0 Å². The maximum absolute atomic E-state index is 12.2. The molecule has 30 nitrogen and oxygen atoms in total. The Morgan fingerprint density at radius 2 is 0.894 bits per heavy atom. The van der Waals surface area contributed by atoms with E-state index in [2.05, 4.69) is 6.92 Å². The molecule has 7 heterocycles. The average molecular weight is 1410 g/mol. The number of nitrogens with one attached hydrogen (secondary N) is 1. The van der Waals surface area contributed by atoms with Crippen LogP contribution in [0.1, 0.15) is 48.6 Å². The van der Waals surface area contributed by atoms with Crippen molar-refractivity contribution in [3.63, 3.8) is 0 Å². The molecular weight excluding hydrogens is 1330 g/mol. The third-order valence-electron chi connectivity index (χ3n) is 13.4. The van der Waals surface area contributed by atoms with Crippen LogP contribution >= 0.6 is 0 Å². The van der Waals surface area contributed by atoms with Crippen LogP contribution in [0.3, 0.4) is 0 Å². The van der Waals surface area contributed by atoms with E-state index in [1.807, 2.05) is 61.0 Å². The molecule has 35 heteroatoms. The molecule has 2 aliphatic rings. The van der Waals surface area contributed by atoms with Crippen molar-refractivity contribution in [2.45, 2.75) is 52.3 Å². The molecule has 2 saturated heterocycles. The van der Waals surface area contributed by atoms with E-state index >= 15 is 0 Å². The number of rotatable bonds is 15. The van der Waals surface area contributed by atoms with Crippen molar-refractivity contribution in [3.05, 3.63) is 181 Å². The van der Waals surface area contributed by atoms with Gasteiger partial charge in [0.1, 0.15) is 44.3 Å². The molecule has 5 aromatic heterocycles. The maximum atomic E-state index is 12.2. The van der Waals surface area contributed by atoms with E-state index in [0.717, 1.165) is 12.1 Å². The van der Waals surface area contributed by atoms with Gasteiger partial charge in [0.2, 0.25) is 0 Å². The van der Waals surface area contributed by atoms with Gasteiger partial charge in [-0.3, -0.25) is 0 Å². The maximum Gasteiger partial charge on any atom is 0.502 e. The predicted molar refractivity (Wildman–Crippen MR) is 329 cm³/mol. The Labute approximate surface area is 554 Å². The highest BCUT2D eigenvalue weighted by Crippen LogP contribution is 2.11. The van der Waals surface area contributed by atoms with Crippen LogP contribution in [0.4, 0.5) is 29.7 Å². The van der Waals surface area contributed by atoms with Gasteiger partial charge >= 0.3 is 30.2 Å². The highest BCUT2D eigenvalue weighted by Gasteiger charge is 2.29. The summed E-state index contributed by atoms with van der Waals surface area (Å²) in [6, 6.07) is 25.5. The van der Waals surface area contributed by atoms with Crippen LogP contribution in [0, 0.1) is 0 Å². The lowest BCUT2D eigenvalue weighted by molar-refractivity contribution is -0.579. The molecule has 6 aromatic rings. The van der Waals surface area contributed by atoms with Gasteiger partial charge < -0.3 is 40.1 Å². The fraction of sp³-hybridized carbons (Fsp3) is 0.390. The van der Waals surface area contributed by atoms with Gasteiger partial charge in [-0.2, -0.15) is 51.7 Å². The van der Waals surface area contributed by atoms with Crippen LogP contribution in [0.15, 0.2) is 153 Å². The molecule has 0 radical (unpaired) electrons. The minimum Gasteiger partial charge on any atom is -1.00 e. The van der Waals surface area contributed by atoms with Gasteiger partial charge in [-0.25, -0.2) is 58.0 Å². The Kier molecular flexibility index (Phi) is 33.4. The summed E-state index contributed by atoms with van der Waals surface area (Å²) in [4.78, 5) is 68.0. The molecule has 2 fully saturated rings. The van der Waals surface area contributed by atoms with Gasteiger partial charge in [0.05, 0.1) is 146 Å². The lowest BCUT2D eigenvalue weighted by Crippen LogP contribution is -3.00. The largest absolute Gasteiger partial charge is 1.00 e. The van der Waals surface area contributed by atoms with Gasteiger partial charge in [0.25, 0.3) is 0 Å². The Morgan fingerprint density at radius 3 is 1.32 bits per heavy atom. The van der Waals surface area contributed by atoms with Crippen molar-refractivity contribution < 1.29 is 121 Å². The number of halogens is 1. The summed E-state index contributed by atoms with van der Waals surface area (Å²) in [5.41, 5.74) is 4.33. The van der Waals surface area contributed by atoms with E-state index in [0.29, 0.717) is 82.4 Å². The highest BCUT2D eigenvalue weighted by atomic mass is 35.5. The SMILES string of the molecule is CCN(CC)C(=O)[n+]1ccc(CCS(=O)(=O)[O-])cc1.CCc1cc[n+](C(=O)N(C)c2ccccc2)cc1.CN(C)C(=O)[n+]1cccc(CS(=O)(=O)[O-])c1.O=C(N1CCOCC1)[n+]1ccc(CCS(=O)(=O)[O-])cc1.O=C(N1CCOCC1)[n+]1cccc(CNS(=O)(=O)[O-])c1.[Cl-]. The van der Waals surface area contributed by atoms with Crippen molar-refractivity contribution in [3.8, 4) is 0 Å². The second kappa shape index (κ2) is 39.1. The molecule has 0 aliphatic carbocycles. The van der Waals surface area contributed by atoms with E-state index in [1.165, 1.54) is 59.5 Å². The van der Waals surface area contributed by atoms with Crippen LogP contribution in [-0.2, 0) is 81.7 Å². The van der Waals surface area contributed by atoms with E-state index in [1.54, 1.807) is 125 Å². The first kappa shape index (κ1) is 80.4. The number of hydrogen-bond donors (Lipinski definition) is 1. The molecule has 1 N–H and O–H groups in total. The number of benzene rings is 1. The number of para-hydroxylation sites is 1. The van der Waals surface area contributed by atoms with Crippen LogP contribution < -0.4 is 44.9 Å². The number of aryl methyl sites for hydroxylation is 3. The van der Waals surface area contributed by atoms with Gasteiger partial charge in [-0.05, 0) is 110 Å². The summed E-state index contributed by atoms with van der Waals surface area (Å²) in [6.45, 7) is 11.2. The van der Waals surface area contributed by atoms with Gasteiger partial charge in [-0.1, -0.05) is 37.3 Å². The highest BCUT2D eigenvalue weighted by molar-refractivity contribution is 7.86. The zero-order chi connectivity index (χ0) is 68.9. The smallest absolute Gasteiger partial charge is 0.502 e. The minimum atomic E-state index is -4.50. The summed E-state index contributed by atoms with van der Waals surface area (Å²) in [6.07, 6.45) is 17.1. The van der Waals surface area contributed by atoms with Gasteiger partial charge in [0.15, 0.2) is 10.3 Å². The first-order valence-electron chi connectivity index (χ1n) is 28.9. The second-order valence-corrected chi connectivity index (χ2v) is 26.2. The van der Waals surface area contributed by atoms with Crippen LogP contribution in [-0.4, -0.2) is 200 Å². The number of morpholine rings is 2. The summed E-state index contributed by atoms with van der Waals surface area (Å²) >= 11 is 0. The summed E-state index contributed by atoms with van der Waals surface area (Å²) in [5, 5.41) is 0. The Bertz CT molecular complexity index is 3870. The van der Waals surface area contributed by atoms with Crippen molar-refractivity contribution in [1.29, 1.82) is 0 Å². The summed E-state index contributed by atoms with van der Waals surface area (Å²) < 4.78 is 146. The van der Waals surface area contributed by atoms with Gasteiger partial charge in [-0.15, -0.1) is 0 Å². The second-order valence-electron chi connectivity index (χ2n) is 20.5. The Morgan fingerprint density at radius 1 is 0.479 bits per heavy atom. The quantitative estimate of drug-likeness (QED) is 0.0838. The molecule has 0 saturated carbocycles. The number of amides is 5. The lowest BCUT2D eigenvalue weighted by Gasteiger charge is -2.20. The summed E-state index contributed by atoms with van der Waals surface area (Å²) in [7, 11) is -12.3. The van der Waals surface area contributed by atoms with Crippen molar-refractivity contribution in [2.75, 3.05) is 103 Å². The average Bonchev–Trinajstić information content (AvgIpc) is 1.60. The van der Waals surface area contributed by atoms with Crippen molar-refractivity contribution >= 4 is 76.5 Å². The molecule has 0 atom stereocenters. The first-order chi connectivity index (χ1) is 43.8. The molecule has 8 rings (SSSR count). The number of nitrogens with zero attached hydrogens (tertiary/aromatic N) is 10. The molecule has 94 heavy (non-hydrogen) atoms. The molecule has 0 spiro atoms. The predicted octanol–water partition coefficient (Wildman–Crippen LogP) is -2.25. The Balaban J connectivity index is 0.000000306. The number of carbonyl (C=O) groups is 5. The zero-order valence-electron chi connectivity index (χ0n) is 52.7. The van der Waals surface area contributed by atoms with E-state index in [4.69, 9.17) is 9.47 Å².